The summed E-state index contributed by atoms with van der Waals surface area (Å²) in [4.78, 5) is 0. The third-order valence-corrected chi connectivity index (χ3v) is 4.32. The molecule has 22 heavy (non-hydrogen) atoms. The summed E-state index contributed by atoms with van der Waals surface area (Å²) in [7, 11) is 0. The molecule has 0 spiro atoms. The summed E-state index contributed by atoms with van der Waals surface area (Å²) in [5, 5.41) is 0. The molecule has 0 heterocycles. The second-order valence-corrected chi connectivity index (χ2v) is 6.19. The molecule has 0 aliphatic heterocycles. The van der Waals surface area contributed by atoms with E-state index in [0.717, 1.165) is 19.3 Å². The van der Waals surface area contributed by atoms with Gasteiger partial charge in [-0.25, -0.2) is 0 Å². The molecule has 132 valence electrons. The van der Waals surface area contributed by atoms with Crippen LogP contribution in [0.1, 0.15) is 46.5 Å². The van der Waals surface area contributed by atoms with Crippen LogP contribution < -0.4 is 0 Å². The van der Waals surface area contributed by atoms with Crippen molar-refractivity contribution in [1.29, 1.82) is 0 Å². The standard InChI is InChI=1S/C14H22F6O2/c1-9(2)10-6-4-5-7-11(10)21-8-22-12(3,13(15,16)17)14(18,19)20/h9-11H,4-8H2,1-3H3. The van der Waals surface area contributed by atoms with Crippen LogP contribution in [0.25, 0.3) is 0 Å². The van der Waals surface area contributed by atoms with Crippen LogP contribution in [0.15, 0.2) is 0 Å². The lowest BCUT2D eigenvalue weighted by molar-refractivity contribution is -0.389. The summed E-state index contributed by atoms with van der Waals surface area (Å²) < 4.78 is 85.4. The molecule has 0 aromatic carbocycles. The van der Waals surface area contributed by atoms with E-state index in [2.05, 4.69) is 4.74 Å². The molecule has 1 saturated carbocycles. The van der Waals surface area contributed by atoms with Gasteiger partial charge in [-0.1, -0.05) is 26.7 Å². The summed E-state index contributed by atoms with van der Waals surface area (Å²) in [6.45, 7) is 2.88. The van der Waals surface area contributed by atoms with Crippen molar-refractivity contribution < 1.29 is 35.8 Å². The molecule has 1 rings (SSSR count). The van der Waals surface area contributed by atoms with E-state index in [1.807, 2.05) is 13.8 Å². The average molecular weight is 336 g/mol. The van der Waals surface area contributed by atoms with E-state index in [1.165, 1.54) is 0 Å². The molecule has 0 bridgehead atoms. The minimum atomic E-state index is -5.56. The summed E-state index contributed by atoms with van der Waals surface area (Å²) in [5.41, 5.74) is -4.22. The van der Waals surface area contributed by atoms with Crippen molar-refractivity contribution in [3.8, 4) is 0 Å². The van der Waals surface area contributed by atoms with E-state index in [0.29, 0.717) is 6.42 Å². The van der Waals surface area contributed by atoms with E-state index in [-0.39, 0.29) is 24.9 Å². The van der Waals surface area contributed by atoms with Gasteiger partial charge in [-0.3, -0.25) is 0 Å². The van der Waals surface area contributed by atoms with Crippen molar-refractivity contribution in [2.45, 2.75) is 70.5 Å². The number of hydrogen-bond acceptors (Lipinski definition) is 2. The Morgan fingerprint density at radius 1 is 0.955 bits per heavy atom. The van der Waals surface area contributed by atoms with Crippen molar-refractivity contribution in [2.24, 2.45) is 11.8 Å². The van der Waals surface area contributed by atoms with Gasteiger partial charge in [0.25, 0.3) is 5.60 Å². The Hall–Kier alpha value is -0.500. The van der Waals surface area contributed by atoms with E-state index in [4.69, 9.17) is 4.74 Å². The number of ether oxygens (including phenoxy) is 2. The van der Waals surface area contributed by atoms with E-state index in [9.17, 15) is 26.3 Å². The highest BCUT2D eigenvalue weighted by atomic mass is 19.4. The van der Waals surface area contributed by atoms with Gasteiger partial charge in [0.05, 0.1) is 6.10 Å². The Morgan fingerprint density at radius 3 is 1.91 bits per heavy atom. The molecular formula is C14H22F6O2. The Kier molecular flexibility index (Phi) is 6.17. The number of halogens is 6. The zero-order chi connectivity index (χ0) is 17.2. The normalized spacial score (nSPS) is 24.8. The highest BCUT2D eigenvalue weighted by molar-refractivity contribution is 4.91. The van der Waals surface area contributed by atoms with Crippen LogP contribution in [0, 0.1) is 11.8 Å². The lowest BCUT2D eigenvalue weighted by Gasteiger charge is -2.37. The molecular weight excluding hydrogens is 314 g/mol. The van der Waals surface area contributed by atoms with Gasteiger partial charge < -0.3 is 9.47 Å². The van der Waals surface area contributed by atoms with Crippen LogP contribution in [-0.2, 0) is 9.47 Å². The molecule has 8 heteroatoms. The highest BCUT2D eigenvalue weighted by Crippen LogP contribution is 2.45. The Bertz CT molecular complexity index is 336. The van der Waals surface area contributed by atoms with Gasteiger partial charge in [0.1, 0.15) is 6.79 Å². The van der Waals surface area contributed by atoms with Crippen LogP contribution in [-0.4, -0.2) is 30.9 Å². The second-order valence-electron chi connectivity index (χ2n) is 6.19. The average Bonchev–Trinajstić information content (AvgIpc) is 2.36. The fraction of sp³-hybridized carbons (Fsp3) is 1.00. The number of alkyl halides is 6. The van der Waals surface area contributed by atoms with E-state index >= 15 is 0 Å². The Morgan fingerprint density at radius 2 is 1.45 bits per heavy atom. The first kappa shape index (κ1) is 19.5. The van der Waals surface area contributed by atoms with Crippen LogP contribution in [0.3, 0.4) is 0 Å². The molecule has 2 unspecified atom stereocenters. The van der Waals surface area contributed by atoms with Crippen molar-refractivity contribution in [3.63, 3.8) is 0 Å². The van der Waals surface area contributed by atoms with Gasteiger partial charge >= 0.3 is 12.4 Å². The molecule has 0 aromatic heterocycles. The first-order chi connectivity index (χ1) is 9.90. The minimum absolute atomic E-state index is 0.0167. The van der Waals surface area contributed by atoms with Gasteiger partial charge in [-0.15, -0.1) is 0 Å². The zero-order valence-electron chi connectivity index (χ0n) is 12.9. The van der Waals surface area contributed by atoms with Gasteiger partial charge in [-0.05, 0) is 31.6 Å². The third-order valence-electron chi connectivity index (χ3n) is 4.32. The maximum Gasteiger partial charge on any atom is 0.426 e. The molecule has 2 nitrogen and oxygen atoms in total. The molecule has 0 saturated heterocycles. The first-order valence-electron chi connectivity index (χ1n) is 7.29. The number of rotatable bonds is 5. The molecule has 0 aromatic rings. The Balaban J connectivity index is 2.67. The number of hydrogen-bond donors (Lipinski definition) is 0. The molecule has 0 amide bonds. The summed E-state index contributed by atoms with van der Waals surface area (Å²) >= 11 is 0. The fourth-order valence-corrected chi connectivity index (χ4v) is 2.66. The summed E-state index contributed by atoms with van der Waals surface area (Å²) in [6.07, 6.45) is -8.15. The van der Waals surface area contributed by atoms with E-state index in [1.54, 1.807) is 0 Å². The molecule has 0 radical (unpaired) electrons. The highest BCUT2D eigenvalue weighted by Gasteiger charge is 2.69. The lowest BCUT2D eigenvalue weighted by Crippen LogP contribution is -2.56. The maximum atomic E-state index is 12.7. The minimum Gasteiger partial charge on any atom is -0.352 e. The van der Waals surface area contributed by atoms with Crippen molar-refractivity contribution in [1.82, 2.24) is 0 Å². The van der Waals surface area contributed by atoms with Crippen LogP contribution in [0.2, 0.25) is 0 Å². The van der Waals surface area contributed by atoms with Gasteiger partial charge in [0.15, 0.2) is 0 Å². The molecule has 2 atom stereocenters. The quantitative estimate of drug-likeness (QED) is 0.515. The SMILES string of the molecule is CC(C)C1CCCCC1OCOC(C)(C(F)(F)F)C(F)(F)F. The lowest BCUT2D eigenvalue weighted by atomic mass is 9.79. The molecule has 1 aliphatic carbocycles. The van der Waals surface area contributed by atoms with Crippen LogP contribution in [0.5, 0.6) is 0 Å². The predicted octanol–water partition coefficient (Wildman–Crippen LogP) is 5.08. The van der Waals surface area contributed by atoms with Gasteiger partial charge in [0, 0.05) is 0 Å². The summed E-state index contributed by atoms with van der Waals surface area (Å²) in [6, 6.07) is 0. The smallest absolute Gasteiger partial charge is 0.352 e. The predicted molar refractivity (Wildman–Crippen MR) is 68.1 cm³/mol. The van der Waals surface area contributed by atoms with Gasteiger partial charge in [-0.2, -0.15) is 26.3 Å². The second kappa shape index (κ2) is 6.95. The van der Waals surface area contributed by atoms with Crippen molar-refractivity contribution in [3.05, 3.63) is 0 Å². The maximum absolute atomic E-state index is 12.7. The van der Waals surface area contributed by atoms with Gasteiger partial charge in [0.2, 0.25) is 0 Å². The van der Waals surface area contributed by atoms with Crippen LogP contribution in [0.4, 0.5) is 26.3 Å². The molecule has 1 aliphatic rings. The van der Waals surface area contributed by atoms with Crippen molar-refractivity contribution >= 4 is 0 Å². The molecule has 1 fully saturated rings. The molecule has 0 N–H and O–H groups in total. The van der Waals surface area contributed by atoms with E-state index < -0.39 is 24.7 Å². The van der Waals surface area contributed by atoms with Crippen molar-refractivity contribution in [2.75, 3.05) is 6.79 Å². The Labute approximate surface area is 126 Å². The monoisotopic (exact) mass is 336 g/mol. The summed E-state index contributed by atoms with van der Waals surface area (Å²) in [5.74, 6) is 0.377. The topological polar surface area (TPSA) is 18.5 Å². The van der Waals surface area contributed by atoms with Crippen LogP contribution >= 0.6 is 0 Å². The zero-order valence-corrected chi connectivity index (χ0v) is 12.9. The third kappa shape index (κ3) is 4.28. The largest absolute Gasteiger partial charge is 0.426 e. The first-order valence-corrected chi connectivity index (χ1v) is 7.29. The fourth-order valence-electron chi connectivity index (χ4n) is 2.66.